The molecule has 0 aliphatic carbocycles. The van der Waals surface area contributed by atoms with Crippen LogP contribution in [0.5, 0.6) is 5.75 Å². The highest BCUT2D eigenvalue weighted by Gasteiger charge is 2.17. The minimum absolute atomic E-state index is 0.365. The molecule has 4 heteroatoms. The molecule has 3 heterocycles. The lowest BCUT2D eigenvalue weighted by molar-refractivity contribution is 0.243. The van der Waals surface area contributed by atoms with Crippen LogP contribution in [0.25, 0.3) is 11.0 Å². The normalized spacial score (nSPS) is 15.2. The van der Waals surface area contributed by atoms with E-state index in [4.69, 9.17) is 0 Å². The molecule has 3 aromatic rings. The Balaban J connectivity index is 1.54. The van der Waals surface area contributed by atoms with Crippen LogP contribution in [0, 0.1) is 0 Å². The predicted molar refractivity (Wildman–Crippen MR) is 82.0 cm³/mol. The Hall–Kier alpha value is -2.33. The molecule has 1 aliphatic heterocycles. The van der Waals surface area contributed by atoms with E-state index in [1.165, 1.54) is 16.8 Å². The summed E-state index contributed by atoms with van der Waals surface area (Å²) in [6.07, 6.45) is 2.80. The fraction of sp³-hybridized carbons (Fsp3) is 0.235. The average Bonchev–Trinajstić information content (AvgIpc) is 2.89. The molecule has 4 rings (SSSR count). The van der Waals surface area contributed by atoms with Crippen LogP contribution in [0.4, 0.5) is 0 Å². The van der Waals surface area contributed by atoms with E-state index < -0.39 is 0 Å². The van der Waals surface area contributed by atoms with E-state index in [2.05, 4.69) is 27.0 Å². The zero-order valence-corrected chi connectivity index (χ0v) is 11.7. The Bertz CT molecular complexity index is 761. The Labute approximate surface area is 123 Å². The summed E-state index contributed by atoms with van der Waals surface area (Å²) in [5, 5.41) is 10.7. The number of hydrogen-bond donors (Lipinski definition) is 2. The van der Waals surface area contributed by atoms with Gasteiger partial charge in [-0.2, -0.15) is 0 Å². The van der Waals surface area contributed by atoms with Gasteiger partial charge in [0.15, 0.2) is 0 Å². The third-order valence-corrected chi connectivity index (χ3v) is 4.12. The van der Waals surface area contributed by atoms with Crippen LogP contribution >= 0.6 is 0 Å². The van der Waals surface area contributed by atoms with Crippen molar-refractivity contribution in [3.63, 3.8) is 0 Å². The molecular weight excluding hydrogens is 262 g/mol. The van der Waals surface area contributed by atoms with E-state index in [0.717, 1.165) is 37.1 Å². The largest absolute Gasteiger partial charge is 0.508 e. The zero-order valence-electron chi connectivity index (χ0n) is 11.7. The number of nitrogens with one attached hydrogen (secondary N) is 1. The molecule has 2 N–H and O–H groups in total. The molecule has 106 valence electrons. The second kappa shape index (κ2) is 4.90. The fourth-order valence-corrected chi connectivity index (χ4v) is 3.07. The van der Waals surface area contributed by atoms with Gasteiger partial charge in [-0.1, -0.05) is 6.07 Å². The molecule has 4 nitrogen and oxygen atoms in total. The van der Waals surface area contributed by atoms with E-state index in [1.807, 2.05) is 24.4 Å². The lowest BCUT2D eigenvalue weighted by atomic mass is 9.99. The standard InChI is InChI=1S/C17H17N3O/c21-16-4-3-14-10-20(7-5-12(14)9-16)11-15-8-13-2-1-6-18-17(13)19-15/h1-4,6,8-9,21H,5,7,10-11H2,(H,18,19). The number of nitrogens with zero attached hydrogens (tertiary/aromatic N) is 2. The van der Waals surface area contributed by atoms with Gasteiger partial charge in [-0.15, -0.1) is 0 Å². The zero-order chi connectivity index (χ0) is 14.2. The Morgan fingerprint density at radius 3 is 3.05 bits per heavy atom. The quantitative estimate of drug-likeness (QED) is 0.758. The van der Waals surface area contributed by atoms with Gasteiger partial charge in [0, 0.05) is 36.9 Å². The number of phenols is 1. The van der Waals surface area contributed by atoms with E-state index in [-0.39, 0.29) is 0 Å². The van der Waals surface area contributed by atoms with Crippen LogP contribution in [0.15, 0.2) is 42.6 Å². The molecule has 0 atom stereocenters. The van der Waals surface area contributed by atoms with E-state index in [0.29, 0.717) is 5.75 Å². The lowest BCUT2D eigenvalue weighted by Gasteiger charge is -2.28. The van der Waals surface area contributed by atoms with Crippen molar-refractivity contribution in [2.75, 3.05) is 6.54 Å². The van der Waals surface area contributed by atoms with Crippen molar-refractivity contribution in [3.8, 4) is 5.75 Å². The molecular formula is C17H17N3O. The van der Waals surface area contributed by atoms with Crippen LogP contribution in [0.1, 0.15) is 16.8 Å². The summed E-state index contributed by atoms with van der Waals surface area (Å²) in [5.74, 6) is 0.365. The van der Waals surface area contributed by atoms with Crippen LogP contribution < -0.4 is 0 Å². The van der Waals surface area contributed by atoms with Crippen molar-refractivity contribution in [2.45, 2.75) is 19.5 Å². The Morgan fingerprint density at radius 2 is 2.14 bits per heavy atom. The Kier molecular flexibility index (Phi) is 2.89. The minimum atomic E-state index is 0.365. The molecule has 1 aromatic carbocycles. The summed E-state index contributed by atoms with van der Waals surface area (Å²) < 4.78 is 0. The van der Waals surface area contributed by atoms with Crippen molar-refractivity contribution in [2.24, 2.45) is 0 Å². The van der Waals surface area contributed by atoms with Gasteiger partial charge < -0.3 is 10.1 Å². The molecule has 0 bridgehead atoms. The average molecular weight is 279 g/mol. The number of aromatic nitrogens is 2. The van der Waals surface area contributed by atoms with Crippen LogP contribution in [-0.2, 0) is 19.5 Å². The molecule has 21 heavy (non-hydrogen) atoms. The maximum atomic E-state index is 9.54. The monoisotopic (exact) mass is 279 g/mol. The SMILES string of the molecule is Oc1ccc2c(c1)CCN(Cc1cc3cccnc3[nH]1)C2. The molecule has 0 saturated heterocycles. The number of benzene rings is 1. The van der Waals surface area contributed by atoms with Gasteiger partial charge in [0.2, 0.25) is 0 Å². The van der Waals surface area contributed by atoms with E-state index >= 15 is 0 Å². The highest BCUT2D eigenvalue weighted by Crippen LogP contribution is 2.24. The third kappa shape index (κ3) is 2.38. The predicted octanol–water partition coefficient (Wildman–Crippen LogP) is 2.83. The van der Waals surface area contributed by atoms with Crippen molar-refractivity contribution >= 4 is 11.0 Å². The summed E-state index contributed by atoms with van der Waals surface area (Å²) in [4.78, 5) is 10.1. The lowest BCUT2D eigenvalue weighted by Crippen LogP contribution is -2.30. The molecule has 0 radical (unpaired) electrons. The molecule has 2 aromatic heterocycles. The first kappa shape index (κ1) is 12.4. The topological polar surface area (TPSA) is 52.1 Å². The van der Waals surface area contributed by atoms with Crippen molar-refractivity contribution in [1.29, 1.82) is 0 Å². The van der Waals surface area contributed by atoms with Gasteiger partial charge in [-0.25, -0.2) is 4.98 Å². The summed E-state index contributed by atoms with van der Waals surface area (Å²) in [6.45, 7) is 2.84. The first-order valence-electron chi connectivity index (χ1n) is 7.24. The van der Waals surface area contributed by atoms with E-state index in [9.17, 15) is 5.11 Å². The number of phenolic OH excluding ortho intramolecular Hbond substituents is 1. The van der Waals surface area contributed by atoms with Crippen molar-refractivity contribution in [3.05, 3.63) is 59.4 Å². The Morgan fingerprint density at radius 1 is 1.19 bits per heavy atom. The molecule has 1 aliphatic rings. The summed E-state index contributed by atoms with van der Waals surface area (Å²) >= 11 is 0. The summed E-state index contributed by atoms with van der Waals surface area (Å²) in [6, 6.07) is 11.9. The molecule has 0 spiro atoms. The first-order valence-corrected chi connectivity index (χ1v) is 7.24. The number of H-pyrrole nitrogens is 1. The van der Waals surface area contributed by atoms with Gasteiger partial charge in [-0.3, -0.25) is 4.90 Å². The second-order valence-corrected chi connectivity index (χ2v) is 5.65. The number of pyridine rings is 1. The molecule has 0 unspecified atom stereocenters. The number of aromatic hydroxyl groups is 1. The molecule has 0 saturated carbocycles. The number of hydrogen-bond acceptors (Lipinski definition) is 3. The number of fused-ring (bicyclic) bond motifs is 2. The van der Waals surface area contributed by atoms with Gasteiger partial charge in [-0.05, 0) is 47.9 Å². The van der Waals surface area contributed by atoms with Gasteiger partial charge in [0.25, 0.3) is 0 Å². The van der Waals surface area contributed by atoms with Crippen LogP contribution in [-0.4, -0.2) is 26.5 Å². The molecule has 0 fully saturated rings. The number of rotatable bonds is 2. The third-order valence-electron chi connectivity index (χ3n) is 4.12. The highest BCUT2D eigenvalue weighted by molar-refractivity contribution is 5.76. The highest BCUT2D eigenvalue weighted by atomic mass is 16.3. The smallest absolute Gasteiger partial charge is 0.137 e. The molecule has 0 amide bonds. The van der Waals surface area contributed by atoms with Crippen LogP contribution in [0.3, 0.4) is 0 Å². The fourth-order valence-electron chi connectivity index (χ4n) is 3.07. The summed E-state index contributed by atoms with van der Waals surface area (Å²) in [5.41, 5.74) is 4.73. The van der Waals surface area contributed by atoms with Crippen molar-refractivity contribution in [1.82, 2.24) is 14.9 Å². The number of aromatic amines is 1. The van der Waals surface area contributed by atoms with Crippen molar-refractivity contribution < 1.29 is 5.11 Å². The first-order chi connectivity index (χ1) is 10.3. The minimum Gasteiger partial charge on any atom is -0.508 e. The maximum Gasteiger partial charge on any atom is 0.137 e. The van der Waals surface area contributed by atoms with E-state index in [1.54, 1.807) is 6.07 Å². The van der Waals surface area contributed by atoms with Gasteiger partial charge >= 0.3 is 0 Å². The maximum absolute atomic E-state index is 9.54. The second-order valence-electron chi connectivity index (χ2n) is 5.65. The van der Waals surface area contributed by atoms with Gasteiger partial charge in [0.1, 0.15) is 11.4 Å². The summed E-state index contributed by atoms with van der Waals surface area (Å²) in [7, 11) is 0. The van der Waals surface area contributed by atoms with Crippen LogP contribution in [0.2, 0.25) is 0 Å². The van der Waals surface area contributed by atoms with Gasteiger partial charge in [0.05, 0.1) is 0 Å².